The number of aromatic nitrogens is 1. The molecule has 3 N–H and O–H groups in total. The molecular weight excluding hydrogens is 224 g/mol. The fraction of sp³-hybridized carbons (Fsp3) is 0.500. The number of nitrogens with zero attached hydrogens (tertiary/aromatic N) is 2. The fourth-order valence-corrected chi connectivity index (χ4v) is 1.37. The molecule has 7 nitrogen and oxygen atoms in total. The van der Waals surface area contributed by atoms with Gasteiger partial charge in [0.2, 0.25) is 0 Å². The van der Waals surface area contributed by atoms with Crippen LogP contribution in [0, 0.1) is 10.1 Å². The second kappa shape index (κ2) is 5.44. The summed E-state index contributed by atoms with van der Waals surface area (Å²) < 4.78 is 1.24. The first-order valence-corrected chi connectivity index (χ1v) is 5.31. The zero-order valence-electron chi connectivity index (χ0n) is 9.84. The highest BCUT2D eigenvalue weighted by atomic mass is 16.6. The Hall–Kier alpha value is -1.89. The predicted octanol–water partition coefficient (Wildman–Crippen LogP) is 0.400. The van der Waals surface area contributed by atoms with Gasteiger partial charge in [-0.05, 0) is 17.4 Å². The summed E-state index contributed by atoms with van der Waals surface area (Å²) in [5.74, 6) is -0.473. The third-order valence-corrected chi connectivity index (χ3v) is 2.56. The average molecular weight is 240 g/mol. The van der Waals surface area contributed by atoms with E-state index in [1.165, 1.54) is 23.7 Å². The maximum absolute atomic E-state index is 11.7. The van der Waals surface area contributed by atoms with Crippen LogP contribution in [0.5, 0.6) is 0 Å². The van der Waals surface area contributed by atoms with Gasteiger partial charge >= 0.3 is 5.82 Å². The van der Waals surface area contributed by atoms with Gasteiger partial charge in [-0.2, -0.15) is 0 Å². The molecule has 1 amide bonds. The van der Waals surface area contributed by atoms with Crippen molar-refractivity contribution in [1.29, 1.82) is 0 Å². The number of nitrogens with one attached hydrogen (secondary N) is 1. The summed E-state index contributed by atoms with van der Waals surface area (Å²) in [6.07, 6.45) is 0.758. The van der Waals surface area contributed by atoms with E-state index in [9.17, 15) is 14.9 Å². The summed E-state index contributed by atoms with van der Waals surface area (Å²) >= 11 is 0. The van der Waals surface area contributed by atoms with Crippen LogP contribution < -0.4 is 11.1 Å². The van der Waals surface area contributed by atoms with E-state index in [4.69, 9.17) is 5.73 Å². The predicted molar refractivity (Wildman–Crippen MR) is 62.7 cm³/mol. The molecule has 0 aromatic carbocycles. The first kappa shape index (κ1) is 13.2. The minimum atomic E-state index is -0.533. The van der Waals surface area contributed by atoms with Crippen LogP contribution in [0.1, 0.15) is 23.8 Å². The summed E-state index contributed by atoms with van der Waals surface area (Å²) in [4.78, 5) is 21.8. The third-order valence-electron chi connectivity index (χ3n) is 2.56. The molecule has 1 aromatic heterocycles. The second-order valence-corrected chi connectivity index (χ2v) is 3.77. The van der Waals surface area contributed by atoms with Crippen molar-refractivity contribution in [3.63, 3.8) is 0 Å². The smallest absolute Gasteiger partial charge is 0.323 e. The molecule has 1 rings (SSSR count). The van der Waals surface area contributed by atoms with Gasteiger partial charge in [-0.15, -0.1) is 0 Å². The highest BCUT2D eigenvalue weighted by Crippen LogP contribution is 2.14. The first-order chi connectivity index (χ1) is 7.97. The van der Waals surface area contributed by atoms with Crippen molar-refractivity contribution in [2.45, 2.75) is 19.4 Å². The molecule has 1 aromatic rings. The van der Waals surface area contributed by atoms with Gasteiger partial charge in [0.05, 0.1) is 7.05 Å². The minimum Gasteiger partial charge on any atom is -0.358 e. The van der Waals surface area contributed by atoms with Crippen LogP contribution in [0.4, 0.5) is 5.82 Å². The third kappa shape index (κ3) is 3.04. The minimum absolute atomic E-state index is 0.103. The molecule has 0 radical (unpaired) electrons. The maximum atomic E-state index is 11.7. The number of carbonyl (C=O) groups is 1. The Morgan fingerprint density at radius 3 is 2.76 bits per heavy atom. The molecule has 0 aliphatic carbocycles. The van der Waals surface area contributed by atoms with E-state index in [1.54, 1.807) is 0 Å². The zero-order valence-corrected chi connectivity index (χ0v) is 9.84. The molecule has 1 heterocycles. The lowest BCUT2D eigenvalue weighted by atomic mass is 10.2. The Kier molecular flexibility index (Phi) is 4.22. The van der Waals surface area contributed by atoms with Gasteiger partial charge in [-0.3, -0.25) is 4.79 Å². The Balaban J connectivity index is 2.73. The second-order valence-electron chi connectivity index (χ2n) is 3.77. The fourth-order valence-electron chi connectivity index (χ4n) is 1.37. The van der Waals surface area contributed by atoms with Crippen LogP contribution in [-0.2, 0) is 7.05 Å². The topological polar surface area (TPSA) is 103 Å². The van der Waals surface area contributed by atoms with Crippen LogP contribution in [0.3, 0.4) is 0 Å². The van der Waals surface area contributed by atoms with Crippen molar-refractivity contribution in [3.8, 4) is 0 Å². The van der Waals surface area contributed by atoms with E-state index in [-0.39, 0.29) is 23.5 Å². The van der Waals surface area contributed by atoms with Crippen LogP contribution in [0.25, 0.3) is 0 Å². The van der Waals surface area contributed by atoms with Crippen LogP contribution >= 0.6 is 0 Å². The lowest BCUT2D eigenvalue weighted by Gasteiger charge is -2.09. The zero-order chi connectivity index (χ0) is 13.0. The summed E-state index contributed by atoms with van der Waals surface area (Å²) in [7, 11) is 1.48. The lowest BCUT2D eigenvalue weighted by molar-refractivity contribution is -0.391. The first-order valence-electron chi connectivity index (χ1n) is 5.31. The number of amides is 1. The van der Waals surface area contributed by atoms with Gasteiger partial charge < -0.3 is 21.2 Å². The summed E-state index contributed by atoms with van der Waals surface area (Å²) in [5.41, 5.74) is 5.91. The number of hydrogen-bond donors (Lipinski definition) is 2. The molecule has 0 spiro atoms. The van der Waals surface area contributed by atoms with Crippen molar-refractivity contribution < 1.29 is 9.72 Å². The molecule has 94 valence electrons. The number of hydrogen-bond acceptors (Lipinski definition) is 4. The van der Waals surface area contributed by atoms with Crippen molar-refractivity contribution in [3.05, 3.63) is 27.9 Å². The van der Waals surface area contributed by atoms with Crippen molar-refractivity contribution in [2.24, 2.45) is 12.8 Å². The van der Waals surface area contributed by atoms with Crippen molar-refractivity contribution >= 4 is 11.7 Å². The SMILES string of the molecule is CCC(N)CNC(=O)c1ccc([N+](=O)[O-])n1C. The molecule has 0 fully saturated rings. The normalized spacial score (nSPS) is 12.2. The Morgan fingerprint density at radius 2 is 2.29 bits per heavy atom. The molecule has 0 aliphatic heterocycles. The standard InChI is InChI=1S/C10H16N4O3/c1-3-7(11)6-12-10(15)8-4-5-9(13(8)2)14(16)17/h4-5,7H,3,6,11H2,1-2H3,(H,12,15). The van der Waals surface area contributed by atoms with Crippen LogP contribution in [0.15, 0.2) is 12.1 Å². The van der Waals surface area contributed by atoms with Gasteiger partial charge in [-0.1, -0.05) is 6.92 Å². The van der Waals surface area contributed by atoms with E-state index < -0.39 is 4.92 Å². The molecule has 0 saturated carbocycles. The summed E-state index contributed by atoms with van der Waals surface area (Å²) in [5, 5.41) is 13.2. The van der Waals surface area contributed by atoms with Crippen LogP contribution in [-0.4, -0.2) is 28.0 Å². The summed E-state index contributed by atoms with van der Waals surface area (Å²) in [6, 6.07) is 2.62. The van der Waals surface area contributed by atoms with Crippen LogP contribution in [0.2, 0.25) is 0 Å². The molecule has 17 heavy (non-hydrogen) atoms. The molecular formula is C10H16N4O3. The Labute approximate surface area is 98.7 Å². The molecule has 7 heteroatoms. The van der Waals surface area contributed by atoms with E-state index in [2.05, 4.69) is 5.32 Å². The molecule has 1 atom stereocenters. The number of nitrogens with two attached hydrogens (primary N) is 1. The van der Waals surface area contributed by atoms with Gasteiger partial charge in [0.25, 0.3) is 5.91 Å². The highest BCUT2D eigenvalue weighted by molar-refractivity contribution is 5.93. The highest BCUT2D eigenvalue weighted by Gasteiger charge is 2.20. The monoisotopic (exact) mass is 240 g/mol. The summed E-state index contributed by atoms with van der Waals surface area (Å²) in [6.45, 7) is 2.28. The number of rotatable bonds is 5. The number of carbonyl (C=O) groups excluding carboxylic acids is 1. The van der Waals surface area contributed by atoms with E-state index >= 15 is 0 Å². The van der Waals surface area contributed by atoms with E-state index in [0.717, 1.165) is 6.42 Å². The molecule has 1 unspecified atom stereocenters. The molecule has 0 aliphatic rings. The number of nitro groups is 1. The van der Waals surface area contributed by atoms with Gasteiger partial charge in [0, 0.05) is 18.7 Å². The van der Waals surface area contributed by atoms with Gasteiger partial charge in [-0.25, -0.2) is 4.57 Å². The Bertz CT molecular complexity index is 427. The molecule has 0 saturated heterocycles. The van der Waals surface area contributed by atoms with E-state index in [1.807, 2.05) is 6.92 Å². The van der Waals surface area contributed by atoms with Gasteiger partial charge in [0.1, 0.15) is 0 Å². The van der Waals surface area contributed by atoms with Crippen molar-refractivity contribution in [2.75, 3.05) is 6.54 Å². The quantitative estimate of drug-likeness (QED) is 0.574. The molecule has 0 bridgehead atoms. The van der Waals surface area contributed by atoms with Gasteiger partial charge in [0.15, 0.2) is 5.69 Å². The average Bonchev–Trinajstić information content (AvgIpc) is 2.67. The Morgan fingerprint density at radius 1 is 1.65 bits per heavy atom. The lowest BCUT2D eigenvalue weighted by Crippen LogP contribution is -2.37. The maximum Gasteiger partial charge on any atom is 0.323 e. The van der Waals surface area contributed by atoms with Crippen molar-refractivity contribution in [1.82, 2.24) is 9.88 Å². The van der Waals surface area contributed by atoms with E-state index in [0.29, 0.717) is 6.54 Å². The largest absolute Gasteiger partial charge is 0.358 e.